The number of carboxylic acid groups (broad SMARTS) is 1. The van der Waals surface area contributed by atoms with Crippen molar-refractivity contribution in [1.29, 1.82) is 0 Å². The van der Waals surface area contributed by atoms with Crippen LogP contribution < -0.4 is 9.64 Å². The molecule has 178 valence electrons. The van der Waals surface area contributed by atoms with Gasteiger partial charge in [-0.3, -0.25) is 0 Å². The van der Waals surface area contributed by atoms with E-state index in [4.69, 9.17) is 4.74 Å². The number of benzene rings is 4. The van der Waals surface area contributed by atoms with Gasteiger partial charge in [-0.15, -0.1) is 0 Å². The Hall–Kier alpha value is -3.86. The molecular weight excluding hydrogens is 441 g/mol. The minimum absolute atomic E-state index is 0.127. The lowest BCUT2D eigenvalue weighted by atomic mass is 9.90. The third kappa shape index (κ3) is 4.59. The van der Waals surface area contributed by atoms with Gasteiger partial charge in [0.15, 0.2) is 5.82 Å². The van der Waals surface area contributed by atoms with E-state index in [0.717, 1.165) is 24.9 Å². The Labute approximate surface area is 204 Å². The summed E-state index contributed by atoms with van der Waals surface area (Å²) in [6, 6.07) is 27.0. The van der Waals surface area contributed by atoms with Gasteiger partial charge in [0.2, 0.25) is 0 Å². The SMILES string of the molecule is C[C@@H](CCCC1CN(c2cccc(C(=O)O)c2F)c2ccccc2O1)c1cccc2ccccc12. The van der Waals surface area contributed by atoms with Gasteiger partial charge in [0, 0.05) is 0 Å². The maximum atomic E-state index is 15.1. The lowest BCUT2D eigenvalue weighted by molar-refractivity contribution is 0.0692. The summed E-state index contributed by atoms with van der Waals surface area (Å²) in [7, 11) is 0. The summed E-state index contributed by atoms with van der Waals surface area (Å²) < 4.78 is 21.4. The number of nitrogens with zero attached hydrogens (tertiary/aromatic N) is 1. The molecule has 4 aromatic carbocycles. The number of para-hydroxylation sites is 2. The normalized spacial score (nSPS) is 15.9. The summed E-state index contributed by atoms with van der Waals surface area (Å²) in [5.74, 6) is -0.909. The number of carbonyl (C=O) groups is 1. The second kappa shape index (κ2) is 9.79. The maximum absolute atomic E-state index is 15.1. The van der Waals surface area contributed by atoms with Gasteiger partial charge < -0.3 is 14.7 Å². The monoisotopic (exact) mass is 469 g/mol. The lowest BCUT2D eigenvalue weighted by Crippen LogP contribution is -2.37. The maximum Gasteiger partial charge on any atom is 0.338 e. The predicted molar refractivity (Wildman–Crippen MR) is 137 cm³/mol. The number of anilines is 2. The van der Waals surface area contributed by atoms with Crippen molar-refractivity contribution in [2.75, 3.05) is 11.4 Å². The molecule has 4 nitrogen and oxygen atoms in total. The largest absolute Gasteiger partial charge is 0.486 e. The average Bonchev–Trinajstić information content (AvgIpc) is 2.88. The summed E-state index contributed by atoms with van der Waals surface area (Å²) in [6.45, 7) is 2.72. The molecule has 4 aromatic rings. The van der Waals surface area contributed by atoms with E-state index in [2.05, 4.69) is 49.4 Å². The number of aromatic carboxylic acids is 1. The highest BCUT2D eigenvalue weighted by atomic mass is 19.1. The van der Waals surface area contributed by atoms with Crippen LogP contribution in [0.25, 0.3) is 10.8 Å². The van der Waals surface area contributed by atoms with E-state index in [0.29, 0.717) is 18.2 Å². The molecule has 0 fully saturated rings. The summed E-state index contributed by atoms with van der Waals surface area (Å²) in [6.07, 6.45) is 2.67. The van der Waals surface area contributed by atoms with Crippen LogP contribution >= 0.6 is 0 Å². The summed E-state index contributed by atoms with van der Waals surface area (Å²) in [5, 5.41) is 11.9. The first kappa shape index (κ1) is 22.9. The van der Waals surface area contributed by atoms with Crippen LogP contribution in [0.15, 0.2) is 84.9 Å². The fourth-order valence-corrected chi connectivity index (χ4v) is 5.06. The Morgan fingerprint density at radius 1 is 1.00 bits per heavy atom. The zero-order chi connectivity index (χ0) is 24.4. The molecule has 0 aromatic heterocycles. The van der Waals surface area contributed by atoms with Gasteiger partial charge in [-0.05, 0) is 65.8 Å². The molecule has 0 saturated carbocycles. The number of halogens is 1. The van der Waals surface area contributed by atoms with E-state index < -0.39 is 11.8 Å². The number of hydrogen-bond donors (Lipinski definition) is 1. The van der Waals surface area contributed by atoms with Crippen molar-refractivity contribution in [3.63, 3.8) is 0 Å². The van der Waals surface area contributed by atoms with Gasteiger partial charge in [0.05, 0.1) is 23.5 Å². The van der Waals surface area contributed by atoms with Crippen LogP contribution in [0.5, 0.6) is 5.75 Å². The molecule has 1 aliphatic rings. The second-order valence-electron chi connectivity index (χ2n) is 9.16. The predicted octanol–water partition coefficient (Wildman–Crippen LogP) is 7.55. The molecule has 1 aliphatic heterocycles. The smallest absolute Gasteiger partial charge is 0.338 e. The number of carboxylic acids is 1. The van der Waals surface area contributed by atoms with Crippen molar-refractivity contribution >= 4 is 28.1 Å². The number of ether oxygens (including phenoxy) is 1. The number of rotatable bonds is 7. The highest BCUT2D eigenvalue weighted by molar-refractivity contribution is 5.90. The van der Waals surface area contributed by atoms with Crippen LogP contribution in [0.1, 0.15) is 48.0 Å². The van der Waals surface area contributed by atoms with E-state index >= 15 is 4.39 Å². The van der Waals surface area contributed by atoms with Crippen LogP contribution in [-0.2, 0) is 0 Å². The summed E-state index contributed by atoms with van der Waals surface area (Å²) in [4.78, 5) is 13.3. The second-order valence-corrected chi connectivity index (χ2v) is 9.16. The third-order valence-electron chi connectivity index (χ3n) is 6.85. The zero-order valence-corrected chi connectivity index (χ0v) is 19.7. The lowest BCUT2D eigenvalue weighted by Gasteiger charge is -2.36. The fourth-order valence-electron chi connectivity index (χ4n) is 5.06. The van der Waals surface area contributed by atoms with Crippen LogP contribution in [0.2, 0.25) is 0 Å². The quantitative estimate of drug-likeness (QED) is 0.304. The number of hydrogen-bond acceptors (Lipinski definition) is 3. The molecule has 5 heteroatoms. The molecule has 0 amide bonds. The Kier molecular flexibility index (Phi) is 6.41. The summed E-state index contributed by atoms with van der Waals surface area (Å²) in [5.41, 5.74) is 2.03. The first-order chi connectivity index (χ1) is 17.0. The molecular formula is C30H28FNO3. The van der Waals surface area contributed by atoms with Crippen molar-refractivity contribution < 1.29 is 19.0 Å². The molecule has 1 unspecified atom stereocenters. The van der Waals surface area contributed by atoms with E-state index in [1.165, 1.54) is 22.4 Å². The van der Waals surface area contributed by atoms with Crippen LogP contribution in [0.3, 0.4) is 0 Å². The van der Waals surface area contributed by atoms with Crippen molar-refractivity contribution in [3.8, 4) is 5.75 Å². The Morgan fingerprint density at radius 2 is 1.71 bits per heavy atom. The Balaban J connectivity index is 1.33. The van der Waals surface area contributed by atoms with E-state index in [-0.39, 0.29) is 17.4 Å². The van der Waals surface area contributed by atoms with Crippen molar-refractivity contribution in [2.24, 2.45) is 0 Å². The Bertz CT molecular complexity index is 1360. The van der Waals surface area contributed by atoms with Gasteiger partial charge >= 0.3 is 5.97 Å². The van der Waals surface area contributed by atoms with Gasteiger partial charge in [-0.2, -0.15) is 0 Å². The molecule has 0 bridgehead atoms. The van der Waals surface area contributed by atoms with Gasteiger partial charge in [0.1, 0.15) is 11.9 Å². The van der Waals surface area contributed by atoms with E-state index in [1.807, 2.05) is 29.2 Å². The molecule has 0 aliphatic carbocycles. The van der Waals surface area contributed by atoms with Gasteiger partial charge in [-0.1, -0.05) is 67.6 Å². The first-order valence-electron chi connectivity index (χ1n) is 12.1. The van der Waals surface area contributed by atoms with Crippen LogP contribution in [-0.4, -0.2) is 23.7 Å². The fraction of sp³-hybridized carbons (Fsp3) is 0.233. The summed E-state index contributed by atoms with van der Waals surface area (Å²) >= 11 is 0. The number of fused-ring (bicyclic) bond motifs is 2. The van der Waals surface area contributed by atoms with E-state index in [1.54, 1.807) is 12.1 Å². The third-order valence-corrected chi connectivity index (χ3v) is 6.85. The molecule has 2 atom stereocenters. The molecule has 5 rings (SSSR count). The van der Waals surface area contributed by atoms with Crippen molar-refractivity contribution in [2.45, 2.75) is 38.2 Å². The van der Waals surface area contributed by atoms with Crippen molar-refractivity contribution in [3.05, 3.63) is 102 Å². The minimum atomic E-state index is -1.27. The molecule has 1 N–H and O–H groups in total. The molecule has 0 spiro atoms. The van der Waals surface area contributed by atoms with Crippen LogP contribution in [0.4, 0.5) is 15.8 Å². The highest BCUT2D eigenvalue weighted by Crippen LogP contribution is 2.40. The molecule has 0 saturated heterocycles. The van der Waals surface area contributed by atoms with Gasteiger partial charge in [-0.25, -0.2) is 9.18 Å². The molecule has 35 heavy (non-hydrogen) atoms. The first-order valence-corrected chi connectivity index (χ1v) is 12.1. The van der Waals surface area contributed by atoms with Crippen molar-refractivity contribution in [1.82, 2.24) is 0 Å². The topological polar surface area (TPSA) is 49.8 Å². The average molecular weight is 470 g/mol. The van der Waals surface area contributed by atoms with E-state index in [9.17, 15) is 9.90 Å². The van der Waals surface area contributed by atoms with Gasteiger partial charge in [0.25, 0.3) is 0 Å². The molecule has 0 radical (unpaired) electrons. The zero-order valence-electron chi connectivity index (χ0n) is 19.7. The molecule has 1 heterocycles. The Morgan fingerprint density at radius 3 is 2.57 bits per heavy atom. The standard InChI is InChI=1S/C30H28FNO3/c1-20(23-14-7-11-21-10-2-3-13-24(21)23)9-6-12-22-19-32(26-16-4-5-18-28(26)35-22)27-17-8-15-25(29(27)31)30(33)34/h2-5,7-8,10-11,13-18,20,22H,6,9,12,19H2,1H3,(H,33,34)/t20-,22?/m0/s1. The van der Waals surface area contributed by atoms with Crippen LogP contribution in [0, 0.1) is 5.82 Å². The minimum Gasteiger partial charge on any atom is -0.486 e. The highest BCUT2D eigenvalue weighted by Gasteiger charge is 2.29.